The average Bonchev–Trinajstić information content (AvgIpc) is 3.06. The molecule has 2 aromatic heterocycles. The fourth-order valence-corrected chi connectivity index (χ4v) is 3.33. The minimum atomic E-state index is -0.492. The number of piperidine rings is 1. The van der Waals surface area contributed by atoms with Crippen LogP contribution in [0, 0.1) is 0 Å². The Morgan fingerprint density at radius 2 is 2.00 bits per heavy atom. The van der Waals surface area contributed by atoms with E-state index >= 15 is 0 Å². The van der Waals surface area contributed by atoms with Crippen molar-refractivity contribution >= 4 is 22.6 Å². The molecule has 6 nitrogen and oxygen atoms in total. The number of benzene rings is 1. The van der Waals surface area contributed by atoms with Crippen molar-refractivity contribution in [1.29, 1.82) is 0 Å². The molecule has 3 heterocycles. The van der Waals surface area contributed by atoms with Crippen LogP contribution in [0.1, 0.15) is 35.1 Å². The lowest BCUT2D eigenvalue weighted by Crippen LogP contribution is -2.33. The SMILES string of the molecule is NC(=O)c1cc(N2CCC(c3nc4ccccc4[nH]3)CC2)ccn1. The standard InChI is InChI=1S/C18H19N5O/c19-17(24)16-11-13(5-8-20-16)23-9-6-12(7-10-23)18-21-14-3-1-2-4-15(14)22-18/h1-5,8,11-12H,6-7,9-10H2,(H2,19,24)(H,21,22). The summed E-state index contributed by atoms with van der Waals surface area (Å²) >= 11 is 0. The van der Waals surface area contributed by atoms with Crippen LogP contribution >= 0.6 is 0 Å². The predicted octanol–water partition coefficient (Wildman–Crippen LogP) is 2.44. The Morgan fingerprint density at radius 3 is 2.75 bits per heavy atom. The van der Waals surface area contributed by atoms with E-state index in [2.05, 4.69) is 20.9 Å². The van der Waals surface area contributed by atoms with Crippen molar-refractivity contribution in [1.82, 2.24) is 15.0 Å². The molecule has 1 aliphatic rings. The molecule has 0 aliphatic carbocycles. The van der Waals surface area contributed by atoms with E-state index in [1.807, 2.05) is 24.3 Å². The smallest absolute Gasteiger partial charge is 0.267 e. The van der Waals surface area contributed by atoms with E-state index in [9.17, 15) is 4.79 Å². The molecule has 1 saturated heterocycles. The number of H-pyrrole nitrogens is 1. The molecule has 0 bridgehead atoms. The highest BCUT2D eigenvalue weighted by molar-refractivity contribution is 5.91. The van der Waals surface area contributed by atoms with Crippen molar-refractivity contribution in [3.05, 3.63) is 54.1 Å². The van der Waals surface area contributed by atoms with E-state index in [-0.39, 0.29) is 0 Å². The Labute approximate surface area is 139 Å². The second-order valence-electron chi connectivity index (χ2n) is 6.16. The highest BCUT2D eigenvalue weighted by Crippen LogP contribution is 2.30. The first-order valence-corrected chi connectivity index (χ1v) is 8.16. The van der Waals surface area contributed by atoms with Gasteiger partial charge in [-0.15, -0.1) is 0 Å². The Bertz CT molecular complexity index is 847. The largest absolute Gasteiger partial charge is 0.371 e. The van der Waals surface area contributed by atoms with Gasteiger partial charge in [-0.1, -0.05) is 12.1 Å². The van der Waals surface area contributed by atoms with E-state index in [4.69, 9.17) is 10.7 Å². The lowest BCUT2D eigenvalue weighted by atomic mass is 9.96. The number of carbonyl (C=O) groups excluding carboxylic acids is 1. The number of hydrogen-bond donors (Lipinski definition) is 2. The van der Waals surface area contributed by atoms with Gasteiger partial charge in [0.2, 0.25) is 0 Å². The molecular weight excluding hydrogens is 302 g/mol. The Morgan fingerprint density at radius 1 is 1.21 bits per heavy atom. The number of primary amides is 1. The number of para-hydroxylation sites is 2. The molecular formula is C18H19N5O. The zero-order valence-electron chi connectivity index (χ0n) is 13.3. The molecule has 24 heavy (non-hydrogen) atoms. The van der Waals surface area contributed by atoms with Gasteiger partial charge in [-0.2, -0.15) is 0 Å². The van der Waals surface area contributed by atoms with E-state index < -0.39 is 5.91 Å². The Kier molecular flexibility index (Phi) is 3.65. The fraction of sp³-hybridized carbons (Fsp3) is 0.278. The quantitative estimate of drug-likeness (QED) is 0.775. The zero-order chi connectivity index (χ0) is 16.5. The summed E-state index contributed by atoms with van der Waals surface area (Å²) in [5, 5.41) is 0. The highest BCUT2D eigenvalue weighted by Gasteiger charge is 2.23. The summed E-state index contributed by atoms with van der Waals surface area (Å²) < 4.78 is 0. The molecule has 122 valence electrons. The molecule has 1 fully saturated rings. The van der Waals surface area contributed by atoms with Crippen LogP contribution in [0.2, 0.25) is 0 Å². The van der Waals surface area contributed by atoms with Crippen LogP contribution in [0.4, 0.5) is 5.69 Å². The lowest BCUT2D eigenvalue weighted by molar-refractivity contribution is 0.0995. The van der Waals surface area contributed by atoms with E-state index in [0.717, 1.165) is 48.5 Å². The van der Waals surface area contributed by atoms with Crippen molar-refractivity contribution in [3.8, 4) is 0 Å². The number of carbonyl (C=O) groups is 1. The number of pyridine rings is 1. The number of fused-ring (bicyclic) bond motifs is 1. The van der Waals surface area contributed by atoms with E-state index in [0.29, 0.717) is 11.6 Å². The highest BCUT2D eigenvalue weighted by atomic mass is 16.1. The number of amides is 1. The minimum Gasteiger partial charge on any atom is -0.371 e. The van der Waals surface area contributed by atoms with Crippen molar-refractivity contribution in [3.63, 3.8) is 0 Å². The number of anilines is 1. The van der Waals surface area contributed by atoms with E-state index in [1.165, 1.54) is 0 Å². The first-order chi connectivity index (χ1) is 11.7. The maximum absolute atomic E-state index is 11.3. The number of rotatable bonds is 3. The van der Waals surface area contributed by atoms with Crippen molar-refractivity contribution in [2.75, 3.05) is 18.0 Å². The second kappa shape index (κ2) is 5.96. The third-order valence-corrected chi connectivity index (χ3v) is 4.65. The summed E-state index contributed by atoms with van der Waals surface area (Å²) in [4.78, 5) is 25.7. The molecule has 1 aliphatic heterocycles. The van der Waals surface area contributed by atoms with Crippen LogP contribution in [-0.4, -0.2) is 33.9 Å². The number of nitrogens with zero attached hydrogens (tertiary/aromatic N) is 3. The monoisotopic (exact) mass is 321 g/mol. The number of nitrogens with one attached hydrogen (secondary N) is 1. The normalized spacial score (nSPS) is 15.8. The molecule has 0 radical (unpaired) electrons. The third-order valence-electron chi connectivity index (χ3n) is 4.65. The molecule has 0 unspecified atom stereocenters. The summed E-state index contributed by atoms with van der Waals surface area (Å²) in [6.45, 7) is 1.84. The van der Waals surface area contributed by atoms with Gasteiger partial charge >= 0.3 is 0 Å². The van der Waals surface area contributed by atoms with Crippen LogP contribution in [0.5, 0.6) is 0 Å². The zero-order valence-corrected chi connectivity index (χ0v) is 13.3. The van der Waals surface area contributed by atoms with Gasteiger partial charge in [-0.05, 0) is 37.1 Å². The van der Waals surface area contributed by atoms with Gasteiger partial charge in [0.15, 0.2) is 0 Å². The van der Waals surface area contributed by atoms with Crippen LogP contribution < -0.4 is 10.6 Å². The topological polar surface area (TPSA) is 87.9 Å². The Balaban J connectivity index is 1.48. The summed E-state index contributed by atoms with van der Waals surface area (Å²) in [7, 11) is 0. The summed E-state index contributed by atoms with van der Waals surface area (Å²) in [5.74, 6) is 1.02. The molecule has 6 heteroatoms. The third kappa shape index (κ3) is 2.71. The van der Waals surface area contributed by atoms with Gasteiger partial charge < -0.3 is 15.6 Å². The Hall–Kier alpha value is -2.89. The predicted molar refractivity (Wildman–Crippen MR) is 93.0 cm³/mol. The van der Waals surface area contributed by atoms with Crippen LogP contribution in [-0.2, 0) is 0 Å². The first-order valence-electron chi connectivity index (χ1n) is 8.16. The number of imidazole rings is 1. The molecule has 0 atom stereocenters. The van der Waals surface area contributed by atoms with Crippen molar-refractivity contribution < 1.29 is 4.79 Å². The summed E-state index contributed by atoms with van der Waals surface area (Å²) in [6, 6.07) is 11.8. The number of hydrogen-bond acceptors (Lipinski definition) is 4. The molecule has 1 amide bonds. The number of aromatic nitrogens is 3. The number of aromatic amines is 1. The van der Waals surface area contributed by atoms with Crippen molar-refractivity contribution in [2.24, 2.45) is 5.73 Å². The van der Waals surface area contributed by atoms with Gasteiger partial charge in [-0.3, -0.25) is 9.78 Å². The summed E-state index contributed by atoms with van der Waals surface area (Å²) in [6.07, 6.45) is 3.68. The average molecular weight is 321 g/mol. The van der Waals surface area contributed by atoms with Crippen molar-refractivity contribution in [2.45, 2.75) is 18.8 Å². The van der Waals surface area contributed by atoms with Gasteiger partial charge in [0.1, 0.15) is 11.5 Å². The maximum atomic E-state index is 11.3. The fourth-order valence-electron chi connectivity index (χ4n) is 3.33. The van der Waals surface area contributed by atoms with Gasteiger partial charge in [0.25, 0.3) is 5.91 Å². The van der Waals surface area contributed by atoms with Crippen LogP contribution in [0.3, 0.4) is 0 Å². The van der Waals surface area contributed by atoms with Gasteiger partial charge in [0.05, 0.1) is 11.0 Å². The second-order valence-corrected chi connectivity index (χ2v) is 6.16. The number of nitrogens with two attached hydrogens (primary N) is 1. The molecule has 0 spiro atoms. The minimum absolute atomic E-state index is 0.312. The molecule has 3 aromatic rings. The first kappa shape index (κ1) is 14.7. The lowest BCUT2D eigenvalue weighted by Gasteiger charge is -2.32. The van der Waals surface area contributed by atoms with Gasteiger partial charge in [0, 0.05) is 30.9 Å². The van der Waals surface area contributed by atoms with Gasteiger partial charge in [-0.25, -0.2) is 4.98 Å². The maximum Gasteiger partial charge on any atom is 0.267 e. The molecule has 0 saturated carbocycles. The molecule has 4 rings (SSSR count). The molecule has 1 aromatic carbocycles. The van der Waals surface area contributed by atoms with Crippen LogP contribution in [0.25, 0.3) is 11.0 Å². The molecule has 3 N–H and O–H groups in total. The summed E-state index contributed by atoms with van der Waals surface area (Å²) in [5.41, 5.74) is 8.74. The van der Waals surface area contributed by atoms with E-state index in [1.54, 1.807) is 12.3 Å². The van der Waals surface area contributed by atoms with Crippen LogP contribution in [0.15, 0.2) is 42.6 Å².